The lowest BCUT2D eigenvalue weighted by molar-refractivity contribution is -0.141. The maximum Gasteiger partial charge on any atom is 0.435 e. The molecule has 12 heteroatoms. The molecule has 0 bridgehead atoms. The van der Waals surface area contributed by atoms with Gasteiger partial charge in [0.25, 0.3) is 5.91 Å². The second kappa shape index (κ2) is 7.21. The minimum atomic E-state index is -4.66. The third-order valence-electron chi connectivity index (χ3n) is 3.36. The first-order valence-electron chi connectivity index (χ1n) is 7.51. The lowest BCUT2D eigenvalue weighted by atomic mass is 10.3. The van der Waals surface area contributed by atoms with Gasteiger partial charge in [0.15, 0.2) is 11.4 Å². The number of rotatable bonds is 4. The van der Waals surface area contributed by atoms with Crippen molar-refractivity contribution in [1.29, 1.82) is 0 Å². The minimum absolute atomic E-state index is 0.288. The van der Waals surface area contributed by atoms with Crippen LogP contribution in [0.25, 0.3) is 0 Å². The summed E-state index contributed by atoms with van der Waals surface area (Å²) in [5, 5.41) is 5.45. The van der Waals surface area contributed by atoms with Crippen LogP contribution in [0.15, 0.2) is 36.7 Å². The van der Waals surface area contributed by atoms with E-state index < -0.39 is 29.4 Å². The summed E-state index contributed by atoms with van der Waals surface area (Å²) in [5.74, 6) is -3.28. The molecule has 0 spiro atoms. The van der Waals surface area contributed by atoms with Gasteiger partial charge < -0.3 is 10.1 Å². The first kappa shape index (κ1) is 19.2. The summed E-state index contributed by atoms with van der Waals surface area (Å²) in [6.45, 7) is 0. The average molecular weight is 399 g/mol. The van der Waals surface area contributed by atoms with Crippen LogP contribution in [-0.2, 0) is 13.2 Å². The molecule has 0 saturated carbocycles. The Kier molecular flexibility index (Phi) is 4.94. The van der Waals surface area contributed by atoms with Crippen molar-refractivity contribution in [3.63, 3.8) is 0 Å². The predicted molar refractivity (Wildman–Crippen MR) is 84.6 cm³/mol. The van der Waals surface area contributed by atoms with E-state index in [4.69, 9.17) is 4.74 Å². The van der Waals surface area contributed by atoms with Crippen LogP contribution >= 0.6 is 0 Å². The highest BCUT2D eigenvalue weighted by Crippen LogP contribution is 2.31. The zero-order chi connectivity index (χ0) is 20.5. The molecule has 1 amide bonds. The molecule has 0 saturated heterocycles. The van der Waals surface area contributed by atoms with E-state index in [-0.39, 0.29) is 23.1 Å². The van der Waals surface area contributed by atoms with E-state index in [1.165, 1.54) is 7.05 Å². The molecule has 2 heterocycles. The number of aromatic nitrogens is 4. The number of hydrogen-bond donors (Lipinski definition) is 1. The monoisotopic (exact) mass is 399 g/mol. The summed E-state index contributed by atoms with van der Waals surface area (Å²) in [6, 6.07) is 3.21. The van der Waals surface area contributed by atoms with Crippen molar-refractivity contribution in [3.05, 3.63) is 59.7 Å². The molecular weight excluding hydrogens is 389 g/mol. The van der Waals surface area contributed by atoms with Crippen LogP contribution in [-0.4, -0.2) is 25.7 Å². The maximum atomic E-state index is 13.6. The quantitative estimate of drug-likeness (QED) is 0.679. The van der Waals surface area contributed by atoms with Crippen molar-refractivity contribution in [2.24, 2.45) is 7.05 Å². The van der Waals surface area contributed by atoms with Gasteiger partial charge in [-0.25, -0.2) is 18.4 Å². The third kappa shape index (κ3) is 4.22. The molecule has 7 nitrogen and oxygen atoms in total. The number of anilines is 1. The highest BCUT2D eigenvalue weighted by Gasteiger charge is 2.35. The molecule has 1 N–H and O–H groups in total. The van der Waals surface area contributed by atoms with E-state index in [1.807, 2.05) is 0 Å². The van der Waals surface area contributed by atoms with Crippen LogP contribution in [0.2, 0.25) is 0 Å². The summed E-state index contributed by atoms with van der Waals surface area (Å²) < 4.78 is 70.6. The predicted octanol–water partition coefficient (Wildman–Crippen LogP) is 3.55. The number of amides is 1. The number of halogens is 5. The Morgan fingerprint density at radius 1 is 1.18 bits per heavy atom. The Hall–Kier alpha value is -3.57. The molecular formula is C16H10F5N5O2. The van der Waals surface area contributed by atoms with Crippen LogP contribution in [0.4, 0.5) is 27.6 Å². The number of ether oxygens (including phenoxy) is 1. The van der Waals surface area contributed by atoms with Crippen molar-refractivity contribution in [2.45, 2.75) is 6.18 Å². The fourth-order valence-corrected chi connectivity index (χ4v) is 2.08. The molecule has 0 aliphatic heterocycles. The van der Waals surface area contributed by atoms with Gasteiger partial charge in [-0.1, -0.05) is 0 Å². The molecule has 0 radical (unpaired) electrons. The summed E-state index contributed by atoms with van der Waals surface area (Å²) >= 11 is 0. The van der Waals surface area contributed by atoms with Crippen LogP contribution in [0.3, 0.4) is 0 Å². The number of benzene rings is 1. The summed E-state index contributed by atoms with van der Waals surface area (Å²) in [7, 11) is 1.23. The maximum absolute atomic E-state index is 13.6. The van der Waals surface area contributed by atoms with Crippen molar-refractivity contribution in [2.75, 3.05) is 5.32 Å². The topological polar surface area (TPSA) is 81.9 Å². The van der Waals surface area contributed by atoms with E-state index in [0.29, 0.717) is 12.1 Å². The SMILES string of the molecule is Cn1nc(C(F)(F)F)cc1Oc1cncc(C(=O)Nc2ccc(F)cc2F)n1. The van der Waals surface area contributed by atoms with Gasteiger partial charge in [0, 0.05) is 19.2 Å². The van der Waals surface area contributed by atoms with E-state index in [2.05, 4.69) is 20.4 Å². The smallest absolute Gasteiger partial charge is 0.419 e. The van der Waals surface area contributed by atoms with Gasteiger partial charge in [0.1, 0.15) is 11.6 Å². The van der Waals surface area contributed by atoms with Gasteiger partial charge in [-0.05, 0) is 12.1 Å². The molecule has 146 valence electrons. The van der Waals surface area contributed by atoms with E-state index in [1.54, 1.807) is 0 Å². The van der Waals surface area contributed by atoms with Gasteiger partial charge in [-0.15, -0.1) is 0 Å². The molecule has 2 aromatic heterocycles. The van der Waals surface area contributed by atoms with Crippen molar-refractivity contribution < 1.29 is 31.5 Å². The third-order valence-corrected chi connectivity index (χ3v) is 3.36. The summed E-state index contributed by atoms with van der Waals surface area (Å²) in [5.41, 5.74) is -1.76. The second-order valence-corrected chi connectivity index (χ2v) is 5.41. The molecule has 3 aromatic rings. The molecule has 0 unspecified atom stereocenters. The molecule has 28 heavy (non-hydrogen) atoms. The van der Waals surface area contributed by atoms with Crippen molar-refractivity contribution in [3.8, 4) is 11.8 Å². The zero-order valence-corrected chi connectivity index (χ0v) is 14.0. The van der Waals surface area contributed by atoms with Crippen LogP contribution < -0.4 is 10.1 Å². The number of nitrogens with zero attached hydrogens (tertiary/aromatic N) is 4. The Morgan fingerprint density at radius 2 is 1.93 bits per heavy atom. The summed E-state index contributed by atoms with van der Waals surface area (Å²) in [6.07, 6.45) is -2.56. The molecule has 0 atom stereocenters. The fraction of sp³-hybridized carbons (Fsp3) is 0.125. The number of carbonyl (C=O) groups is 1. The molecule has 0 aliphatic rings. The van der Waals surface area contributed by atoms with Gasteiger partial charge in [0.05, 0.1) is 18.1 Å². The minimum Gasteiger partial charge on any atom is -0.419 e. The highest BCUT2D eigenvalue weighted by molar-refractivity contribution is 6.02. The van der Waals surface area contributed by atoms with Crippen LogP contribution in [0.5, 0.6) is 11.8 Å². The normalized spacial score (nSPS) is 11.4. The number of carbonyl (C=O) groups excluding carboxylic acids is 1. The van der Waals surface area contributed by atoms with Gasteiger partial charge in [-0.3, -0.25) is 9.78 Å². The molecule has 0 fully saturated rings. The molecule has 0 aliphatic carbocycles. The van der Waals surface area contributed by atoms with E-state index >= 15 is 0 Å². The number of aryl methyl sites for hydroxylation is 1. The number of hydrogen-bond acceptors (Lipinski definition) is 5. The average Bonchev–Trinajstić information content (AvgIpc) is 2.98. The molecule has 1 aromatic carbocycles. The Balaban J connectivity index is 1.79. The van der Waals surface area contributed by atoms with Crippen molar-refractivity contribution >= 4 is 11.6 Å². The van der Waals surface area contributed by atoms with Crippen LogP contribution in [0, 0.1) is 11.6 Å². The summed E-state index contributed by atoms with van der Waals surface area (Å²) in [4.78, 5) is 19.7. The zero-order valence-electron chi connectivity index (χ0n) is 14.0. The van der Waals surface area contributed by atoms with E-state index in [0.717, 1.165) is 29.2 Å². The number of alkyl halides is 3. The van der Waals surface area contributed by atoms with Crippen molar-refractivity contribution in [1.82, 2.24) is 19.7 Å². The first-order valence-corrected chi connectivity index (χ1v) is 7.51. The first-order chi connectivity index (χ1) is 13.1. The second-order valence-electron chi connectivity index (χ2n) is 5.41. The Morgan fingerprint density at radius 3 is 2.57 bits per heavy atom. The molecule has 3 rings (SSSR count). The largest absolute Gasteiger partial charge is 0.435 e. The lowest BCUT2D eigenvalue weighted by Crippen LogP contribution is -2.15. The van der Waals surface area contributed by atoms with Gasteiger partial charge in [-0.2, -0.15) is 18.3 Å². The van der Waals surface area contributed by atoms with Gasteiger partial charge >= 0.3 is 6.18 Å². The van der Waals surface area contributed by atoms with E-state index in [9.17, 15) is 26.7 Å². The lowest BCUT2D eigenvalue weighted by Gasteiger charge is -2.07. The Bertz CT molecular complexity index is 1030. The highest BCUT2D eigenvalue weighted by atomic mass is 19.4. The van der Waals surface area contributed by atoms with Gasteiger partial charge in [0.2, 0.25) is 11.8 Å². The Labute approximate surface area is 153 Å². The fourth-order valence-electron chi connectivity index (χ4n) is 2.08. The standard InChI is InChI=1S/C16H10F5N5O2/c1-26-14(5-12(25-26)16(19,20)21)28-13-7-22-6-11(23-13)15(27)24-10-3-2-8(17)4-9(10)18/h2-7H,1H3,(H,24,27). The number of nitrogens with one attached hydrogen (secondary N) is 1. The van der Waals surface area contributed by atoms with Crippen LogP contribution in [0.1, 0.15) is 16.2 Å².